The summed E-state index contributed by atoms with van der Waals surface area (Å²) in [7, 11) is 1.63. The molecule has 4 heteroatoms. The summed E-state index contributed by atoms with van der Waals surface area (Å²) in [5.74, 6) is 1.24. The van der Waals surface area contributed by atoms with Crippen molar-refractivity contribution in [2.24, 2.45) is 0 Å². The van der Waals surface area contributed by atoms with Crippen LogP contribution in [-0.2, 0) is 6.61 Å². The van der Waals surface area contributed by atoms with Crippen molar-refractivity contribution in [3.05, 3.63) is 65.6 Å². The van der Waals surface area contributed by atoms with Crippen molar-refractivity contribution < 1.29 is 13.9 Å². The summed E-state index contributed by atoms with van der Waals surface area (Å²) >= 11 is 0. The van der Waals surface area contributed by atoms with Gasteiger partial charge >= 0.3 is 0 Å². The van der Waals surface area contributed by atoms with Gasteiger partial charge in [-0.05, 0) is 42.8 Å². The molecule has 22 heavy (non-hydrogen) atoms. The predicted molar refractivity (Wildman–Crippen MR) is 83.8 cm³/mol. The minimum Gasteiger partial charge on any atom is -0.497 e. The van der Waals surface area contributed by atoms with Crippen molar-refractivity contribution in [1.29, 1.82) is 0 Å². The highest BCUT2D eigenvalue weighted by Gasteiger charge is 2.07. The van der Waals surface area contributed by atoms with Gasteiger partial charge in [-0.1, -0.05) is 12.1 Å². The predicted octanol–water partition coefficient (Wildman–Crippen LogP) is 4.27. The Morgan fingerprint density at radius 2 is 1.82 bits per heavy atom. The minimum absolute atomic E-state index is 0.251. The van der Waals surface area contributed by atoms with Gasteiger partial charge in [-0.2, -0.15) is 0 Å². The van der Waals surface area contributed by atoms with E-state index in [1.807, 2.05) is 31.2 Å². The number of halogens is 1. The minimum atomic E-state index is -0.251. The van der Waals surface area contributed by atoms with E-state index in [0.717, 1.165) is 33.7 Å². The van der Waals surface area contributed by atoms with Gasteiger partial charge in [0.2, 0.25) is 0 Å². The zero-order chi connectivity index (χ0) is 15.5. The zero-order valence-electron chi connectivity index (χ0n) is 12.5. The van der Waals surface area contributed by atoms with Crippen LogP contribution in [0.3, 0.4) is 0 Å². The maximum Gasteiger partial charge on any atom is 0.131 e. The third-order valence-corrected chi connectivity index (χ3v) is 3.41. The lowest BCUT2D eigenvalue weighted by atomic mass is 10.1. The molecule has 0 amide bonds. The molecule has 0 aliphatic heterocycles. The zero-order valence-corrected chi connectivity index (χ0v) is 12.5. The Kier molecular flexibility index (Phi) is 3.92. The molecule has 3 nitrogen and oxygen atoms in total. The largest absolute Gasteiger partial charge is 0.497 e. The number of benzene rings is 2. The summed E-state index contributed by atoms with van der Waals surface area (Å²) in [6.07, 6.45) is 0. The molecule has 3 rings (SSSR count). The van der Waals surface area contributed by atoms with Gasteiger partial charge in [0, 0.05) is 17.1 Å². The molecule has 0 saturated heterocycles. The van der Waals surface area contributed by atoms with Crippen molar-refractivity contribution in [3.8, 4) is 11.5 Å². The lowest BCUT2D eigenvalue weighted by Gasteiger charge is -2.11. The number of ether oxygens (including phenoxy) is 2. The first-order chi connectivity index (χ1) is 10.7. The first kappa shape index (κ1) is 14.3. The average molecular weight is 297 g/mol. The molecule has 0 radical (unpaired) electrons. The van der Waals surface area contributed by atoms with Gasteiger partial charge in [0.25, 0.3) is 0 Å². The van der Waals surface area contributed by atoms with E-state index in [4.69, 9.17) is 9.47 Å². The third-order valence-electron chi connectivity index (χ3n) is 3.41. The second-order valence-corrected chi connectivity index (χ2v) is 5.06. The Hall–Kier alpha value is -2.62. The molecule has 1 heterocycles. The Balaban J connectivity index is 1.93. The van der Waals surface area contributed by atoms with Gasteiger partial charge in [0.15, 0.2) is 0 Å². The van der Waals surface area contributed by atoms with Crippen molar-refractivity contribution in [2.45, 2.75) is 13.5 Å². The van der Waals surface area contributed by atoms with E-state index in [1.165, 1.54) is 12.1 Å². The molecule has 0 aliphatic carbocycles. The van der Waals surface area contributed by atoms with E-state index in [1.54, 1.807) is 19.2 Å². The highest BCUT2D eigenvalue weighted by molar-refractivity contribution is 5.86. The van der Waals surface area contributed by atoms with Crippen molar-refractivity contribution in [1.82, 2.24) is 4.98 Å². The molecule has 0 N–H and O–H groups in total. The summed E-state index contributed by atoms with van der Waals surface area (Å²) in [6, 6.07) is 13.9. The number of hydrogen-bond donors (Lipinski definition) is 0. The van der Waals surface area contributed by atoms with Crippen LogP contribution in [-0.4, -0.2) is 12.1 Å². The average Bonchev–Trinajstić information content (AvgIpc) is 2.53. The molecule has 0 spiro atoms. The smallest absolute Gasteiger partial charge is 0.131 e. The van der Waals surface area contributed by atoms with Crippen molar-refractivity contribution >= 4 is 10.9 Å². The molecule has 0 atom stereocenters. The Morgan fingerprint density at radius 1 is 1.05 bits per heavy atom. The third kappa shape index (κ3) is 3.01. The first-order valence-electron chi connectivity index (χ1n) is 6.98. The van der Waals surface area contributed by atoms with Gasteiger partial charge < -0.3 is 9.47 Å². The maximum atomic E-state index is 12.9. The molecule has 1 aromatic heterocycles. The number of fused-ring (bicyclic) bond motifs is 1. The van der Waals surface area contributed by atoms with Crippen LogP contribution in [0.4, 0.5) is 4.39 Å². The van der Waals surface area contributed by atoms with Gasteiger partial charge in [-0.3, -0.25) is 4.98 Å². The fraction of sp³-hybridized carbons (Fsp3) is 0.167. The van der Waals surface area contributed by atoms with Crippen molar-refractivity contribution in [2.75, 3.05) is 7.11 Å². The van der Waals surface area contributed by atoms with Crippen LogP contribution in [0.2, 0.25) is 0 Å². The molecular formula is C18H16FNO2. The molecule has 112 valence electrons. The molecule has 0 saturated carbocycles. The van der Waals surface area contributed by atoms with Crippen LogP contribution < -0.4 is 9.47 Å². The monoisotopic (exact) mass is 297 g/mol. The Bertz CT molecular complexity index is 800. The summed E-state index contributed by atoms with van der Waals surface area (Å²) in [4.78, 5) is 4.49. The van der Waals surface area contributed by atoms with E-state index >= 15 is 0 Å². The van der Waals surface area contributed by atoms with E-state index < -0.39 is 0 Å². The lowest BCUT2D eigenvalue weighted by molar-refractivity contribution is 0.309. The fourth-order valence-electron chi connectivity index (χ4n) is 2.29. The normalized spacial score (nSPS) is 10.7. The van der Waals surface area contributed by atoms with Gasteiger partial charge in [0.05, 0.1) is 12.6 Å². The highest BCUT2D eigenvalue weighted by atomic mass is 19.1. The second-order valence-electron chi connectivity index (χ2n) is 5.06. The van der Waals surface area contributed by atoms with Crippen LogP contribution in [0.25, 0.3) is 10.9 Å². The summed E-state index contributed by atoms with van der Waals surface area (Å²) in [5.41, 5.74) is 2.65. The number of rotatable bonds is 4. The second kappa shape index (κ2) is 6.02. The van der Waals surface area contributed by atoms with Crippen LogP contribution in [0.15, 0.2) is 48.5 Å². The Labute approximate surface area is 128 Å². The summed E-state index contributed by atoms with van der Waals surface area (Å²) in [5, 5.41) is 0.895. The number of pyridine rings is 1. The number of aryl methyl sites for hydroxylation is 1. The molecular weight excluding hydrogens is 281 g/mol. The highest BCUT2D eigenvalue weighted by Crippen LogP contribution is 2.29. The van der Waals surface area contributed by atoms with Gasteiger partial charge in [0.1, 0.15) is 23.9 Å². The van der Waals surface area contributed by atoms with Crippen LogP contribution >= 0.6 is 0 Å². The maximum absolute atomic E-state index is 12.9. The molecule has 0 fully saturated rings. The molecule has 0 bridgehead atoms. The first-order valence-corrected chi connectivity index (χ1v) is 6.98. The lowest BCUT2D eigenvalue weighted by Crippen LogP contribution is -1.98. The van der Waals surface area contributed by atoms with Crippen molar-refractivity contribution in [3.63, 3.8) is 0 Å². The molecule has 0 unspecified atom stereocenters. The summed E-state index contributed by atoms with van der Waals surface area (Å²) in [6.45, 7) is 2.30. The Morgan fingerprint density at radius 3 is 2.55 bits per heavy atom. The van der Waals surface area contributed by atoms with Crippen LogP contribution in [0, 0.1) is 12.7 Å². The fourth-order valence-corrected chi connectivity index (χ4v) is 2.29. The molecule has 2 aromatic carbocycles. The van der Waals surface area contributed by atoms with Crippen LogP contribution in [0.1, 0.15) is 11.3 Å². The van der Waals surface area contributed by atoms with E-state index in [2.05, 4.69) is 4.98 Å². The summed E-state index contributed by atoms with van der Waals surface area (Å²) < 4.78 is 24.1. The number of aromatic nitrogens is 1. The topological polar surface area (TPSA) is 31.4 Å². The van der Waals surface area contributed by atoms with Crippen LogP contribution in [0.5, 0.6) is 11.5 Å². The quantitative estimate of drug-likeness (QED) is 0.720. The number of hydrogen-bond acceptors (Lipinski definition) is 3. The van der Waals surface area contributed by atoms with E-state index in [9.17, 15) is 4.39 Å². The standard InChI is InChI=1S/C18H16FNO2/c1-12-9-18(22-11-13-3-5-14(19)6-4-13)16-10-15(21-2)7-8-17(16)20-12/h3-10H,11H2,1-2H3. The van der Waals surface area contributed by atoms with E-state index in [-0.39, 0.29) is 5.82 Å². The molecule has 3 aromatic rings. The molecule has 0 aliphatic rings. The number of nitrogens with zero attached hydrogens (tertiary/aromatic N) is 1. The SMILES string of the molecule is COc1ccc2nc(C)cc(OCc3ccc(F)cc3)c2c1. The van der Waals surface area contributed by atoms with Gasteiger partial charge in [-0.25, -0.2) is 4.39 Å². The van der Waals surface area contributed by atoms with Gasteiger partial charge in [-0.15, -0.1) is 0 Å². The number of methoxy groups -OCH3 is 1. The van der Waals surface area contributed by atoms with E-state index in [0.29, 0.717) is 6.61 Å².